The fourth-order valence-corrected chi connectivity index (χ4v) is 2.32. The Bertz CT molecular complexity index is 725. The van der Waals surface area contributed by atoms with Crippen molar-refractivity contribution in [1.29, 1.82) is 0 Å². The smallest absolute Gasteiger partial charge is 0.330 e. The molecule has 1 aliphatic rings. The van der Waals surface area contributed by atoms with Gasteiger partial charge in [0.15, 0.2) is 11.8 Å². The first-order chi connectivity index (χ1) is 9.64. The predicted octanol–water partition coefficient (Wildman–Crippen LogP) is -1.40. The molecular formula is C12H12F2N2O5. The number of aromatic nitrogens is 2. The zero-order valence-electron chi connectivity index (χ0n) is 10.8. The molecule has 0 aromatic carbocycles. The molecule has 1 aromatic rings. The van der Waals surface area contributed by atoms with E-state index in [0.717, 1.165) is 19.2 Å². The van der Waals surface area contributed by atoms with Gasteiger partial charge in [-0.3, -0.25) is 14.3 Å². The summed E-state index contributed by atoms with van der Waals surface area (Å²) in [5.74, 6) is -1.64. The van der Waals surface area contributed by atoms with Crippen molar-refractivity contribution in [3.63, 3.8) is 0 Å². The maximum Gasteiger partial charge on any atom is 0.330 e. The molecule has 0 spiro atoms. The summed E-state index contributed by atoms with van der Waals surface area (Å²) in [4.78, 5) is 24.6. The van der Waals surface area contributed by atoms with Gasteiger partial charge < -0.3 is 14.9 Å². The van der Waals surface area contributed by atoms with Crippen LogP contribution in [0.1, 0.15) is 6.92 Å². The monoisotopic (exact) mass is 302 g/mol. The molecule has 2 heterocycles. The SMILES string of the molecule is C#C[C@@]1(F)[C@H](O)[C@@](F)(CO)OC1(C)n1ccc(=O)[nH]c1=O. The van der Waals surface area contributed by atoms with Gasteiger partial charge >= 0.3 is 5.69 Å². The number of terminal acetylenes is 1. The molecule has 1 aromatic heterocycles. The first-order valence-corrected chi connectivity index (χ1v) is 5.82. The number of H-pyrrole nitrogens is 1. The Kier molecular flexibility index (Phi) is 3.29. The van der Waals surface area contributed by atoms with Gasteiger partial charge in [0.25, 0.3) is 11.4 Å². The number of alkyl halides is 2. The Morgan fingerprint density at radius 2 is 2.19 bits per heavy atom. The van der Waals surface area contributed by atoms with E-state index >= 15 is 0 Å². The van der Waals surface area contributed by atoms with Crippen LogP contribution in [-0.2, 0) is 10.5 Å². The Morgan fingerprint density at radius 3 is 2.67 bits per heavy atom. The molecule has 0 radical (unpaired) electrons. The lowest BCUT2D eigenvalue weighted by atomic mass is 9.88. The van der Waals surface area contributed by atoms with Crippen LogP contribution in [0.5, 0.6) is 0 Å². The molecule has 114 valence electrons. The van der Waals surface area contributed by atoms with Gasteiger partial charge in [0.2, 0.25) is 5.67 Å². The molecule has 3 N–H and O–H groups in total. The maximum atomic E-state index is 14.9. The summed E-state index contributed by atoms with van der Waals surface area (Å²) in [5.41, 5.74) is -7.51. The normalized spacial score (nSPS) is 39.1. The minimum absolute atomic E-state index is 0.508. The molecule has 1 fully saturated rings. The van der Waals surface area contributed by atoms with Gasteiger partial charge in [-0.1, -0.05) is 5.92 Å². The molecular weight excluding hydrogens is 290 g/mol. The second kappa shape index (κ2) is 4.49. The van der Waals surface area contributed by atoms with Crippen molar-refractivity contribution in [1.82, 2.24) is 9.55 Å². The van der Waals surface area contributed by atoms with Crippen molar-refractivity contribution in [2.75, 3.05) is 6.61 Å². The van der Waals surface area contributed by atoms with Gasteiger partial charge in [-0.25, -0.2) is 13.6 Å². The number of nitrogens with one attached hydrogen (secondary N) is 1. The van der Waals surface area contributed by atoms with E-state index in [1.165, 1.54) is 0 Å². The third-order valence-corrected chi connectivity index (χ3v) is 3.54. The van der Waals surface area contributed by atoms with Crippen LogP contribution in [-0.4, -0.2) is 44.0 Å². The van der Waals surface area contributed by atoms with Crippen molar-refractivity contribution < 1.29 is 23.7 Å². The van der Waals surface area contributed by atoms with E-state index in [0.29, 0.717) is 4.57 Å². The van der Waals surface area contributed by atoms with Gasteiger partial charge in [0.05, 0.1) is 0 Å². The van der Waals surface area contributed by atoms with Crippen molar-refractivity contribution in [2.45, 2.75) is 30.3 Å². The quantitative estimate of drug-likeness (QED) is 0.583. The molecule has 0 amide bonds. The predicted molar refractivity (Wildman–Crippen MR) is 65.7 cm³/mol. The highest BCUT2D eigenvalue weighted by Gasteiger charge is 2.72. The van der Waals surface area contributed by atoms with Gasteiger partial charge in [0.1, 0.15) is 6.61 Å². The third kappa shape index (κ3) is 1.84. The fourth-order valence-electron chi connectivity index (χ4n) is 2.32. The largest absolute Gasteiger partial charge is 0.390 e. The maximum absolute atomic E-state index is 14.9. The second-order valence-electron chi connectivity index (χ2n) is 4.77. The molecule has 0 aliphatic carbocycles. The van der Waals surface area contributed by atoms with Crippen LogP contribution in [0, 0.1) is 12.3 Å². The topological polar surface area (TPSA) is 105 Å². The average Bonchev–Trinajstić information content (AvgIpc) is 2.59. The Morgan fingerprint density at radius 1 is 1.57 bits per heavy atom. The number of nitrogens with zero attached hydrogens (tertiary/aromatic N) is 1. The molecule has 1 saturated heterocycles. The molecule has 1 aliphatic heterocycles. The van der Waals surface area contributed by atoms with Gasteiger partial charge in [0, 0.05) is 12.3 Å². The summed E-state index contributed by atoms with van der Waals surface area (Å²) in [5, 5.41) is 18.7. The van der Waals surface area contributed by atoms with Crippen LogP contribution in [0.2, 0.25) is 0 Å². The number of aromatic amines is 1. The summed E-state index contributed by atoms with van der Waals surface area (Å²) in [6, 6.07) is 0.872. The lowest BCUT2D eigenvalue weighted by molar-refractivity contribution is -0.240. The summed E-state index contributed by atoms with van der Waals surface area (Å²) in [6.07, 6.45) is 3.34. The van der Waals surface area contributed by atoms with Crippen LogP contribution < -0.4 is 11.2 Å². The number of aliphatic hydroxyl groups excluding tert-OH is 2. The molecule has 4 atom stereocenters. The first kappa shape index (κ1) is 15.4. The van der Waals surface area contributed by atoms with Crippen molar-refractivity contribution in [3.05, 3.63) is 33.1 Å². The first-order valence-electron chi connectivity index (χ1n) is 5.82. The Balaban J connectivity index is 2.73. The minimum atomic E-state index is -3.20. The average molecular weight is 302 g/mol. The number of aliphatic hydroxyl groups is 2. The van der Waals surface area contributed by atoms with Crippen LogP contribution in [0.25, 0.3) is 0 Å². The zero-order chi connectivity index (χ0) is 16.1. The number of halogens is 2. The van der Waals surface area contributed by atoms with Crippen molar-refractivity contribution in [3.8, 4) is 12.3 Å². The lowest BCUT2D eigenvalue weighted by Gasteiger charge is -2.33. The van der Waals surface area contributed by atoms with E-state index < -0.39 is 41.2 Å². The van der Waals surface area contributed by atoms with E-state index in [9.17, 15) is 23.5 Å². The van der Waals surface area contributed by atoms with E-state index in [1.54, 1.807) is 5.92 Å². The van der Waals surface area contributed by atoms with Crippen LogP contribution >= 0.6 is 0 Å². The van der Waals surface area contributed by atoms with Crippen LogP contribution in [0.4, 0.5) is 8.78 Å². The summed E-state index contributed by atoms with van der Waals surface area (Å²) < 4.78 is 34.5. The number of ether oxygens (including phenoxy) is 1. The lowest BCUT2D eigenvalue weighted by Crippen LogP contribution is -2.56. The fraction of sp³-hybridized carbons (Fsp3) is 0.500. The highest BCUT2D eigenvalue weighted by molar-refractivity contribution is 5.25. The summed E-state index contributed by atoms with van der Waals surface area (Å²) in [6.45, 7) is -0.456. The molecule has 0 bridgehead atoms. The summed E-state index contributed by atoms with van der Waals surface area (Å²) >= 11 is 0. The van der Waals surface area contributed by atoms with E-state index in [2.05, 4.69) is 0 Å². The number of hydrogen-bond acceptors (Lipinski definition) is 5. The van der Waals surface area contributed by atoms with Gasteiger partial charge in [-0.05, 0) is 6.92 Å². The van der Waals surface area contributed by atoms with Crippen LogP contribution in [0.15, 0.2) is 21.9 Å². The number of hydrogen-bond donors (Lipinski definition) is 3. The summed E-state index contributed by atoms with van der Waals surface area (Å²) in [7, 11) is 0. The minimum Gasteiger partial charge on any atom is -0.390 e. The van der Waals surface area contributed by atoms with Crippen LogP contribution in [0.3, 0.4) is 0 Å². The van der Waals surface area contributed by atoms with E-state index in [4.69, 9.17) is 16.3 Å². The van der Waals surface area contributed by atoms with E-state index in [1.807, 2.05) is 4.98 Å². The molecule has 7 nitrogen and oxygen atoms in total. The molecule has 0 saturated carbocycles. The zero-order valence-corrected chi connectivity index (χ0v) is 10.8. The molecule has 21 heavy (non-hydrogen) atoms. The van der Waals surface area contributed by atoms with Crippen molar-refractivity contribution >= 4 is 0 Å². The highest BCUT2D eigenvalue weighted by atomic mass is 19.2. The molecule has 1 unspecified atom stereocenters. The molecule has 2 rings (SSSR count). The number of rotatable bonds is 2. The van der Waals surface area contributed by atoms with Crippen molar-refractivity contribution in [2.24, 2.45) is 0 Å². The Labute approximate surface area is 116 Å². The second-order valence-corrected chi connectivity index (χ2v) is 4.77. The molecule has 9 heteroatoms. The third-order valence-electron chi connectivity index (χ3n) is 3.54. The van der Waals surface area contributed by atoms with Gasteiger partial charge in [-0.15, -0.1) is 6.42 Å². The standard InChI is InChI=1S/C12H12F2N2O5/c1-3-11(13)8(19)12(14,6-17)21-10(11,2)16-5-4-7(18)15-9(16)20/h1,4-5,8,17,19H,6H2,2H3,(H,15,18,20)/t8-,10?,11+,12+/m0/s1. The van der Waals surface area contributed by atoms with Gasteiger partial charge in [-0.2, -0.15) is 0 Å². The van der Waals surface area contributed by atoms with E-state index in [-0.39, 0.29) is 0 Å². The highest BCUT2D eigenvalue weighted by Crippen LogP contribution is 2.50. The Hall–Kier alpha value is -2.02.